The normalized spacial score (nSPS) is 11.9. The predicted molar refractivity (Wildman–Crippen MR) is 124 cm³/mol. The second-order valence-corrected chi connectivity index (χ2v) is 7.88. The van der Waals surface area contributed by atoms with E-state index in [2.05, 4.69) is 0 Å². The van der Waals surface area contributed by atoms with Gasteiger partial charge in [-0.25, -0.2) is 8.78 Å². The van der Waals surface area contributed by atoms with Crippen LogP contribution in [0.1, 0.15) is 36.1 Å². The van der Waals surface area contributed by atoms with Crippen molar-refractivity contribution in [2.45, 2.75) is 25.9 Å². The van der Waals surface area contributed by atoms with Gasteiger partial charge < -0.3 is 9.47 Å². The minimum absolute atomic E-state index is 0.206. The number of esters is 1. The Bertz CT molecular complexity index is 1030. The van der Waals surface area contributed by atoms with E-state index in [-0.39, 0.29) is 18.6 Å². The van der Waals surface area contributed by atoms with Gasteiger partial charge in [0, 0.05) is 19.4 Å². The van der Waals surface area contributed by atoms with E-state index in [1.54, 1.807) is 13.0 Å². The average molecular weight is 454 g/mol. The Hall–Kier alpha value is -3.25. The highest BCUT2D eigenvalue weighted by molar-refractivity contribution is 5.71. The lowest BCUT2D eigenvalue weighted by Gasteiger charge is -2.23. The van der Waals surface area contributed by atoms with Crippen LogP contribution in [0.3, 0.4) is 0 Å². The molecule has 0 aliphatic carbocycles. The van der Waals surface area contributed by atoms with Gasteiger partial charge in [0.15, 0.2) is 11.6 Å². The highest BCUT2D eigenvalue weighted by atomic mass is 19.2. The summed E-state index contributed by atoms with van der Waals surface area (Å²) in [7, 11) is 1.87. The Morgan fingerprint density at radius 3 is 2.39 bits per heavy atom. The van der Waals surface area contributed by atoms with Crippen molar-refractivity contribution in [1.82, 2.24) is 4.90 Å². The third-order valence-corrected chi connectivity index (χ3v) is 5.28. The minimum Gasteiger partial charge on any atom is -0.486 e. The molecule has 4 nitrogen and oxygen atoms in total. The van der Waals surface area contributed by atoms with Crippen LogP contribution in [0.5, 0.6) is 5.75 Å². The summed E-state index contributed by atoms with van der Waals surface area (Å²) < 4.78 is 38.7. The van der Waals surface area contributed by atoms with Crippen LogP contribution >= 0.6 is 0 Å². The molecule has 0 aliphatic rings. The molecule has 0 N–H and O–H groups in total. The van der Waals surface area contributed by atoms with E-state index in [9.17, 15) is 13.6 Å². The number of carbonyl (C=O) groups is 1. The second-order valence-electron chi connectivity index (χ2n) is 7.88. The maximum absolute atomic E-state index is 14.0. The van der Waals surface area contributed by atoms with Crippen LogP contribution in [-0.2, 0) is 16.0 Å². The Balaban J connectivity index is 1.65. The van der Waals surface area contributed by atoms with E-state index in [1.165, 1.54) is 6.07 Å². The molecular weight excluding hydrogens is 424 g/mol. The predicted octanol–water partition coefficient (Wildman–Crippen LogP) is 5.56. The molecule has 0 radical (unpaired) electrons. The summed E-state index contributed by atoms with van der Waals surface area (Å²) >= 11 is 0. The molecule has 3 aromatic carbocycles. The first kappa shape index (κ1) is 24.4. The Morgan fingerprint density at radius 2 is 1.70 bits per heavy atom. The van der Waals surface area contributed by atoms with E-state index in [4.69, 9.17) is 9.47 Å². The zero-order valence-electron chi connectivity index (χ0n) is 19.0. The number of rotatable bonds is 11. The minimum atomic E-state index is -0.842. The number of carbonyl (C=O) groups excluding carboxylic acids is 1. The van der Waals surface area contributed by atoms with Crippen LogP contribution < -0.4 is 4.74 Å². The summed E-state index contributed by atoms with van der Waals surface area (Å²) in [6.45, 7) is 3.03. The SMILES string of the molecule is CCOC(=O)CN(C)CCC(Oc1ccc(Cc2cccc(F)c2F)cc1)c1ccccc1. The van der Waals surface area contributed by atoms with Crippen LogP contribution in [0.15, 0.2) is 72.8 Å². The third kappa shape index (κ3) is 7.39. The van der Waals surface area contributed by atoms with Crippen LogP contribution in [0.4, 0.5) is 8.78 Å². The number of likely N-dealkylation sites (N-methyl/N-ethyl adjacent to an activating group) is 1. The lowest BCUT2D eigenvalue weighted by atomic mass is 10.0. The fourth-order valence-electron chi connectivity index (χ4n) is 3.56. The van der Waals surface area contributed by atoms with E-state index in [0.29, 0.717) is 37.3 Å². The van der Waals surface area contributed by atoms with Crippen molar-refractivity contribution < 1.29 is 23.0 Å². The quantitative estimate of drug-likeness (QED) is 0.356. The highest BCUT2D eigenvalue weighted by Gasteiger charge is 2.16. The molecule has 1 atom stereocenters. The summed E-state index contributed by atoms with van der Waals surface area (Å²) in [6, 6.07) is 21.5. The van der Waals surface area contributed by atoms with Gasteiger partial charge in [-0.1, -0.05) is 54.6 Å². The molecule has 174 valence electrons. The topological polar surface area (TPSA) is 38.8 Å². The van der Waals surface area contributed by atoms with E-state index in [0.717, 1.165) is 17.2 Å². The van der Waals surface area contributed by atoms with Crippen molar-refractivity contribution in [1.29, 1.82) is 0 Å². The van der Waals surface area contributed by atoms with E-state index < -0.39 is 11.6 Å². The van der Waals surface area contributed by atoms with Crippen molar-refractivity contribution in [3.8, 4) is 5.75 Å². The molecule has 0 saturated carbocycles. The Labute approximate surface area is 193 Å². The molecule has 0 bridgehead atoms. The summed E-state index contributed by atoms with van der Waals surface area (Å²) in [6.07, 6.45) is 0.767. The molecule has 0 aromatic heterocycles. The second kappa shape index (κ2) is 12.1. The number of nitrogens with zero attached hydrogens (tertiary/aromatic N) is 1. The fraction of sp³-hybridized carbons (Fsp3) is 0.296. The maximum atomic E-state index is 14.0. The molecule has 3 aromatic rings. The Morgan fingerprint density at radius 1 is 0.970 bits per heavy atom. The van der Waals surface area contributed by atoms with Gasteiger partial charge >= 0.3 is 5.97 Å². The molecule has 0 amide bonds. The number of benzene rings is 3. The zero-order chi connectivity index (χ0) is 23.6. The number of hydrogen-bond acceptors (Lipinski definition) is 4. The zero-order valence-corrected chi connectivity index (χ0v) is 19.0. The standard InChI is InChI=1S/C27H29F2NO3/c1-3-32-26(31)19-30(2)17-16-25(21-8-5-4-6-9-21)33-23-14-12-20(13-15-23)18-22-10-7-11-24(28)27(22)29/h4-15,25H,3,16-19H2,1-2H3. The summed E-state index contributed by atoms with van der Waals surface area (Å²) in [4.78, 5) is 13.6. The van der Waals surface area contributed by atoms with Gasteiger partial charge in [0.1, 0.15) is 11.9 Å². The molecule has 6 heteroatoms. The maximum Gasteiger partial charge on any atom is 0.320 e. The lowest BCUT2D eigenvalue weighted by Crippen LogP contribution is -2.29. The van der Waals surface area contributed by atoms with E-state index in [1.807, 2.05) is 66.5 Å². The van der Waals surface area contributed by atoms with Gasteiger partial charge in [-0.15, -0.1) is 0 Å². The highest BCUT2D eigenvalue weighted by Crippen LogP contribution is 2.26. The van der Waals surface area contributed by atoms with Crippen molar-refractivity contribution in [2.75, 3.05) is 26.7 Å². The first-order valence-corrected chi connectivity index (χ1v) is 11.0. The fourth-order valence-corrected chi connectivity index (χ4v) is 3.56. The van der Waals surface area contributed by atoms with Gasteiger partial charge in [-0.3, -0.25) is 9.69 Å². The number of ether oxygens (including phenoxy) is 2. The van der Waals surface area contributed by atoms with Crippen molar-refractivity contribution >= 4 is 5.97 Å². The first-order chi connectivity index (χ1) is 16.0. The molecule has 33 heavy (non-hydrogen) atoms. The largest absolute Gasteiger partial charge is 0.486 e. The van der Waals surface area contributed by atoms with Crippen molar-refractivity contribution in [3.05, 3.63) is 101 Å². The van der Waals surface area contributed by atoms with Crippen LogP contribution in [0, 0.1) is 11.6 Å². The molecular formula is C27H29F2NO3. The van der Waals surface area contributed by atoms with Crippen molar-refractivity contribution in [2.24, 2.45) is 0 Å². The van der Waals surface area contributed by atoms with Gasteiger partial charge in [0.25, 0.3) is 0 Å². The average Bonchev–Trinajstić information content (AvgIpc) is 2.81. The van der Waals surface area contributed by atoms with Gasteiger partial charge in [-0.05, 0) is 48.9 Å². The molecule has 0 heterocycles. The van der Waals surface area contributed by atoms with Crippen LogP contribution in [0.2, 0.25) is 0 Å². The monoisotopic (exact) mass is 453 g/mol. The van der Waals surface area contributed by atoms with E-state index >= 15 is 0 Å². The molecule has 1 unspecified atom stereocenters. The van der Waals surface area contributed by atoms with Crippen LogP contribution in [0.25, 0.3) is 0 Å². The first-order valence-electron chi connectivity index (χ1n) is 11.0. The molecule has 3 rings (SSSR count). The summed E-state index contributed by atoms with van der Waals surface area (Å²) in [5.74, 6) is -1.22. The number of hydrogen-bond donors (Lipinski definition) is 0. The third-order valence-electron chi connectivity index (χ3n) is 5.28. The summed E-state index contributed by atoms with van der Waals surface area (Å²) in [5.41, 5.74) is 2.21. The number of halogens is 2. The van der Waals surface area contributed by atoms with Crippen molar-refractivity contribution in [3.63, 3.8) is 0 Å². The molecule has 0 saturated heterocycles. The molecule has 0 aliphatic heterocycles. The smallest absolute Gasteiger partial charge is 0.320 e. The van der Waals surface area contributed by atoms with Gasteiger partial charge in [0.05, 0.1) is 13.2 Å². The van der Waals surface area contributed by atoms with Gasteiger partial charge in [-0.2, -0.15) is 0 Å². The lowest BCUT2D eigenvalue weighted by molar-refractivity contribution is -0.144. The molecule has 0 fully saturated rings. The summed E-state index contributed by atoms with van der Waals surface area (Å²) in [5, 5.41) is 0. The van der Waals surface area contributed by atoms with Crippen LogP contribution in [-0.4, -0.2) is 37.6 Å². The molecule has 0 spiro atoms. The van der Waals surface area contributed by atoms with Gasteiger partial charge in [0.2, 0.25) is 0 Å². The Kier molecular flexibility index (Phi) is 8.95.